The van der Waals surface area contributed by atoms with Crippen LogP contribution < -0.4 is 0 Å². The third kappa shape index (κ3) is 4.13. The van der Waals surface area contributed by atoms with E-state index in [-0.39, 0.29) is 5.69 Å². The summed E-state index contributed by atoms with van der Waals surface area (Å²) in [5.41, 5.74) is 0.880. The van der Waals surface area contributed by atoms with E-state index in [0.717, 1.165) is 31.5 Å². The zero-order valence-corrected chi connectivity index (χ0v) is 11.4. The average molecular weight is 253 g/mol. The van der Waals surface area contributed by atoms with Crippen molar-refractivity contribution in [3.05, 3.63) is 11.4 Å². The number of aromatic carboxylic acids is 1. The fourth-order valence-electron chi connectivity index (χ4n) is 2.03. The maximum atomic E-state index is 11.0. The molecule has 5 heteroatoms. The number of aryl methyl sites for hydroxylation is 1. The van der Waals surface area contributed by atoms with Crippen molar-refractivity contribution in [3.63, 3.8) is 0 Å². The molecule has 0 amide bonds. The summed E-state index contributed by atoms with van der Waals surface area (Å²) in [5, 5.41) is 16.8. The monoisotopic (exact) mass is 253 g/mol. The van der Waals surface area contributed by atoms with Crippen LogP contribution in [0.2, 0.25) is 0 Å². The van der Waals surface area contributed by atoms with E-state index >= 15 is 0 Å². The Kier molecular flexibility index (Phi) is 6.39. The Hall–Kier alpha value is -1.39. The lowest BCUT2D eigenvalue weighted by atomic mass is 10.1. The number of hydrogen-bond acceptors (Lipinski definition) is 3. The first kappa shape index (κ1) is 14.7. The molecule has 0 aromatic carbocycles. The average Bonchev–Trinajstić information content (AvgIpc) is 2.73. The topological polar surface area (TPSA) is 68.0 Å². The van der Waals surface area contributed by atoms with Crippen LogP contribution in [0.4, 0.5) is 0 Å². The second-order valence-electron chi connectivity index (χ2n) is 4.58. The van der Waals surface area contributed by atoms with E-state index in [1.165, 1.54) is 25.7 Å². The highest BCUT2D eigenvalue weighted by molar-refractivity contribution is 5.86. The summed E-state index contributed by atoms with van der Waals surface area (Å²) < 4.78 is 1.76. The van der Waals surface area contributed by atoms with Gasteiger partial charge >= 0.3 is 5.97 Å². The van der Waals surface area contributed by atoms with Crippen molar-refractivity contribution in [1.82, 2.24) is 15.0 Å². The molecule has 0 unspecified atom stereocenters. The molecule has 0 fully saturated rings. The highest BCUT2D eigenvalue weighted by Gasteiger charge is 2.17. The van der Waals surface area contributed by atoms with Crippen LogP contribution in [0.5, 0.6) is 0 Å². The van der Waals surface area contributed by atoms with Crippen molar-refractivity contribution in [3.8, 4) is 0 Å². The molecule has 102 valence electrons. The van der Waals surface area contributed by atoms with Gasteiger partial charge in [0.2, 0.25) is 0 Å². The van der Waals surface area contributed by atoms with Crippen molar-refractivity contribution in [2.75, 3.05) is 0 Å². The Morgan fingerprint density at radius 1 is 1.17 bits per heavy atom. The molecule has 0 atom stereocenters. The lowest BCUT2D eigenvalue weighted by Gasteiger charge is -2.05. The smallest absolute Gasteiger partial charge is 0.358 e. The molecule has 1 aromatic rings. The molecule has 1 rings (SSSR count). The Bertz CT molecular complexity index is 374. The van der Waals surface area contributed by atoms with E-state index < -0.39 is 5.97 Å². The Balaban J connectivity index is 2.56. The number of rotatable bonds is 9. The standard InChI is InChI=1S/C13H23N3O2/c1-3-5-6-7-8-10-16-11(9-4-2)12(13(17)18)14-15-16/h3-10H2,1-2H3,(H,17,18). The maximum absolute atomic E-state index is 11.0. The van der Waals surface area contributed by atoms with Crippen LogP contribution in [0, 0.1) is 0 Å². The molecule has 0 radical (unpaired) electrons. The molecular formula is C13H23N3O2. The molecule has 0 saturated carbocycles. The molecular weight excluding hydrogens is 230 g/mol. The molecule has 1 heterocycles. The van der Waals surface area contributed by atoms with Crippen molar-refractivity contribution >= 4 is 5.97 Å². The summed E-state index contributed by atoms with van der Waals surface area (Å²) >= 11 is 0. The number of hydrogen-bond donors (Lipinski definition) is 1. The molecule has 1 N–H and O–H groups in total. The molecule has 0 saturated heterocycles. The lowest BCUT2D eigenvalue weighted by molar-refractivity contribution is 0.0689. The number of nitrogens with zero attached hydrogens (tertiary/aromatic N) is 3. The van der Waals surface area contributed by atoms with Gasteiger partial charge in [0.25, 0.3) is 0 Å². The summed E-state index contributed by atoms with van der Waals surface area (Å²) in [6, 6.07) is 0. The van der Waals surface area contributed by atoms with Crippen LogP contribution in [0.15, 0.2) is 0 Å². The van der Waals surface area contributed by atoms with Gasteiger partial charge in [-0.1, -0.05) is 51.2 Å². The minimum absolute atomic E-state index is 0.116. The van der Waals surface area contributed by atoms with Gasteiger partial charge in [-0.25, -0.2) is 9.48 Å². The normalized spacial score (nSPS) is 10.8. The summed E-state index contributed by atoms with van der Waals surface area (Å²) in [7, 11) is 0. The van der Waals surface area contributed by atoms with E-state index in [2.05, 4.69) is 17.2 Å². The summed E-state index contributed by atoms with van der Waals surface area (Å²) in [6.07, 6.45) is 7.57. The first-order valence-corrected chi connectivity index (χ1v) is 6.86. The fraction of sp³-hybridized carbons (Fsp3) is 0.769. The third-order valence-electron chi connectivity index (χ3n) is 3.00. The van der Waals surface area contributed by atoms with Crippen molar-refractivity contribution in [2.24, 2.45) is 0 Å². The van der Waals surface area contributed by atoms with Gasteiger partial charge in [-0.2, -0.15) is 0 Å². The molecule has 18 heavy (non-hydrogen) atoms. The minimum atomic E-state index is -0.976. The zero-order valence-electron chi connectivity index (χ0n) is 11.4. The Morgan fingerprint density at radius 2 is 1.89 bits per heavy atom. The zero-order chi connectivity index (χ0) is 13.4. The van der Waals surface area contributed by atoms with Gasteiger partial charge in [0.05, 0.1) is 5.69 Å². The van der Waals surface area contributed by atoms with Gasteiger partial charge in [-0.3, -0.25) is 0 Å². The van der Waals surface area contributed by atoms with Gasteiger partial charge in [0.15, 0.2) is 5.69 Å². The van der Waals surface area contributed by atoms with Crippen LogP contribution in [0.3, 0.4) is 0 Å². The first-order chi connectivity index (χ1) is 8.70. The fourth-order valence-corrected chi connectivity index (χ4v) is 2.03. The van der Waals surface area contributed by atoms with Crippen LogP contribution in [-0.4, -0.2) is 26.1 Å². The van der Waals surface area contributed by atoms with Crippen LogP contribution >= 0.6 is 0 Å². The molecule has 0 aliphatic heterocycles. The second-order valence-corrected chi connectivity index (χ2v) is 4.58. The molecule has 0 bridgehead atoms. The number of aromatic nitrogens is 3. The summed E-state index contributed by atoms with van der Waals surface area (Å²) in [4.78, 5) is 11.0. The van der Waals surface area contributed by atoms with E-state index in [1.807, 2.05) is 6.92 Å². The molecule has 0 spiro atoms. The van der Waals surface area contributed by atoms with Gasteiger partial charge < -0.3 is 5.11 Å². The predicted molar refractivity (Wildman–Crippen MR) is 69.7 cm³/mol. The second kappa shape index (κ2) is 7.84. The minimum Gasteiger partial charge on any atom is -0.476 e. The van der Waals surface area contributed by atoms with Gasteiger partial charge in [0, 0.05) is 6.54 Å². The molecule has 0 aliphatic carbocycles. The largest absolute Gasteiger partial charge is 0.476 e. The summed E-state index contributed by atoms with van der Waals surface area (Å²) in [6.45, 7) is 5.00. The van der Waals surface area contributed by atoms with Crippen molar-refractivity contribution in [1.29, 1.82) is 0 Å². The van der Waals surface area contributed by atoms with Crippen molar-refractivity contribution < 1.29 is 9.90 Å². The predicted octanol–water partition coefficient (Wildman–Crippen LogP) is 2.90. The Labute approximate surface area is 108 Å². The van der Waals surface area contributed by atoms with E-state index in [9.17, 15) is 4.79 Å². The maximum Gasteiger partial charge on any atom is 0.358 e. The SMILES string of the molecule is CCCCCCCn1nnc(C(=O)O)c1CCC. The number of carboxylic acid groups (broad SMARTS) is 1. The van der Waals surface area contributed by atoms with Crippen LogP contribution in [0.1, 0.15) is 68.6 Å². The van der Waals surface area contributed by atoms with Crippen molar-refractivity contribution in [2.45, 2.75) is 65.3 Å². The Morgan fingerprint density at radius 3 is 2.50 bits per heavy atom. The van der Waals surface area contributed by atoms with Crippen LogP contribution in [-0.2, 0) is 13.0 Å². The highest BCUT2D eigenvalue weighted by Crippen LogP contribution is 2.11. The van der Waals surface area contributed by atoms with E-state index in [1.54, 1.807) is 4.68 Å². The first-order valence-electron chi connectivity index (χ1n) is 6.86. The molecule has 1 aromatic heterocycles. The number of carbonyl (C=O) groups is 1. The van der Waals surface area contributed by atoms with E-state index in [4.69, 9.17) is 5.11 Å². The quantitative estimate of drug-likeness (QED) is 0.687. The van der Waals surface area contributed by atoms with Gasteiger partial charge in [-0.15, -0.1) is 5.10 Å². The lowest BCUT2D eigenvalue weighted by Crippen LogP contribution is -2.08. The molecule has 0 aliphatic rings. The molecule has 5 nitrogen and oxygen atoms in total. The number of carboxylic acids is 1. The van der Waals surface area contributed by atoms with Gasteiger partial charge in [0.1, 0.15) is 0 Å². The third-order valence-corrected chi connectivity index (χ3v) is 3.00. The highest BCUT2D eigenvalue weighted by atomic mass is 16.4. The van der Waals surface area contributed by atoms with Gasteiger partial charge in [-0.05, 0) is 12.8 Å². The summed E-state index contributed by atoms with van der Waals surface area (Å²) in [5.74, 6) is -0.976. The van der Waals surface area contributed by atoms with E-state index in [0.29, 0.717) is 0 Å². The number of unbranched alkanes of at least 4 members (excludes halogenated alkanes) is 4. The van der Waals surface area contributed by atoms with Crippen LogP contribution in [0.25, 0.3) is 0 Å².